The number of benzene rings is 1. The monoisotopic (exact) mass is 420 g/mol. The largest absolute Gasteiger partial charge is 0.507 e. The predicted molar refractivity (Wildman–Crippen MR) is 129 cm³/mol. The summed E-state index contributed by atoms with van der Waals surface area (Å²) in [4.78, 5) is 0. The molecule has 1 aromatic rings. The molecule has 1 aromatic carbocycles. The minimum Gasteiger partial charge on any atom is -0.507 e. The van der Waals surface area contributed by atoms with E-state index in [1.807, 2.05) is 0 Å². The standard InChI is InChI=1S/C27H48O3/c1-7-27(5,6)19-15-11-8-12-16-21-20-23(28)25(30)22(24(21)29)17-13-9-10-14-18-26(2,3)4/h20,28-30H,7-19H2,1-6H3. The van der Waals surface area contributed by atoms with Crippen molar-refractivity contribution in [2.75, 3.05) is 0 Å². The molecule has 0 unspecified atom stereocenters. The Bertz CT molecular complexity index is 626. The molecular formula is C27H48O3. The van der Waals surface area contributed by atoms with Crippen LogP contribution < -0.4 is 0 Å². The van der Waals surface area contributed by atoms with Crippen LogP contribution in [-0.2, 0) is 12.8 Å². The minimum absolute atomic E-state index is 0.102. The molecule has 1 rings (SSSR count). The molecule has 0 bridgehead atoms. The lowest BCUT2D eigenvalue weighted by atomic mass is 9.84. The fourth-order valence-corrected chi connectivity index (χ4v) is 3.95. The van der Waals surface area contributed by atoms with Crippen molar-refractivity contribution in [3.63, 3.8) is 0 Å². The normalized spacial score (nSPS) is 12.5. The van der Waals surface area contributed by atoms with Crippen LogP contribution in [0.1, 0.15) is 123 Å². The molecule has 0 heterocycles. The molecule has 0 aromatic heterocycles. The summed E-state index contributed by atoms with van der Waals surface area (Å²) < 4.78 is 0. The molecule has 3 nitrogen and oxygen atoms in total. The van der Waals surface area contributed by atoms with Crippen LogP contribution in [0.2, 0.25) is 0 Å². The maximum Gasteiger partial charge on any atom is 0.164 e. The van der Waals surface area contributed by atoms with E-state index in [1.165, 1.54) is 51.0 Å². The number of unbranched alkanes of at least 4 members (excludes halogenated alkanes) is 6. The summed E-state index contributed by atoms with van der Waals surface area (Å²) in [6, 6.07) is 1.54. The lowest BCUT2D eigenvalue weighted by Gasteiger charge is -2.22. The van der Waals surface area contributed by atoms with Gasteiger partial charge in [-0.05, 0) is 61.0 Å². The summed E-state index contributed by atoms with van der Waals surface area (Å²) in [7, 11) is 0. The molecule has 174 valence electrons. The minimum atomic E-state index is -0.146. The Kier molecular flexibility index (Phi) is 11.1. The second-order valence-corrected chi connectivity index (χ2v) is 11.1. The number of aromatic hydroxyl groups is 3. The number of aryl methyl sites for hydroxylation is 1. The van der Waals surface area contributed by atoms with E-state index in [0.717, 1.165) is 37.7 Å². The van der Waals surface area contributed by atoms with Crippen LogP contribution in [0.25, 0.3) is 0 Å². The van der Waals surface area contributed by atoms with Gasteiger partial charge in [-0.25, -0.2) is 0 Å². The average Bonchev–Trinajstić information content (AvgIpc) is 2.66. The number of rotatable bonds is 14. The second kappa shape index (κ2) is 12.5. The SMILES string of the molecule is CCC(C)(C)CCCCCCc1cc(O)c(O)c(CCCCCCC(C)(C)C)c1O. The van der Waals surface area contributed by atoms with Gasteiger partial charge in [0.15, 0.2) is 11.5 Å². The third-order valence-corrected chi connectivity index (χ3v) is 6.54. The first-order valence-corrected chi connectivity index (χ1v) is 12.2. The van der Waals surface area contributed by atoms with Gasteiger partial charge in [0.25, 0.3) is 0 Å². The van der Waals surface area contributed by atoms with Gasteiger partial charge in [-0.3, -0.25) is 0 Å². The van der Waals surface area contributed by atoms with Gasteiger partial charge >= 0.3 is 0 Å². The van der Waals surface area contributed by atoms with Crippen molar-refractivity contribution in [2.45, 2.75) is 125 Å². The Morgan fingerprint density at radius 2 is 1.20 bits per heavy atom. The highest BCUT2D eigenvalue weighted by atomic mass is 16.3. The van der Waals surface area contributed by atoms with Crippen molar-refractivity contribution in [3.8, 4) is 17.2 Å². The molecular weight excluding hydrogens is 372 g/mol. The van der Waals surface area contributed by atoms with Crippen LogP contribution in [0.4, 0.5) is 0 Å². The molecule has 0 spiro atoms. The summed E-state index contributed by atoms with van der Waals surface area (Å²) in [6.07, 6.45) is 14.0. The third kappa shape index (κ3) is 10.1. The molecule has 3 heteroatoms. The van der Waals surface area contributed by atoms with Gasteiger partial charge in [-0.1, -0.05) is 86.5 Å². The summed E-state index contributed by atoms with van der Waals surface area (Å²) in [5.74, 6) is -0.0601. The molecule has 0 aliphatic carbocycles. The molecule has 0 fully saturated rings. The molecule has 30 heavy (non-hydrogen) atoms. The zero-order valence-corrected chi connectivity index (χ0v) is 20.6. The average molecular weight is 421 g/mol. The van der Waals surface area contributed by atoms with Crippen molar-refractivity contribution >= 4 is 0 Å². The summed E-state index contributed by atoms with van der Waals surface area (Å²) >= 11 is 0. The van der Waals surface area contributed by atoms with Crippen molar-refractivity contribution in [2.24, 2.45) is 10.8 Å². The highest BCUT2D eigenvalue weighted by Gasteiger charge is 2.17. The van der Waals surface area contributed by atoms with Gasteiger partial charge in [-0.15, -0.1) is 0 Å². The van der Waals surface area contributed by atoms with Crippen molar-refractivity contribution in [3.05, 3.63) is 17.2 Å². The number of hydrogen-bond acceptors (Lipinski definition) is 3. The van der Waals surface area contributed by atoms with Gasteiger partial charge < -0.3 is 15.3 Å². The highest BCUT2D eigenvalue weighted by molar-refractivity contribution is 5.56. The van der Waals surface area contributed by atoms with Crippen LogP contribution in [0.5, 0.6) is 17.2 Å². The van der Waals surface area contributed by atoms with Crippen LogP contribution in [0, 0.1) is 10.8 Å². The van der Waals surface area contributed by atoms with Crippen LogP contribution in [0.15, 0.2) is 6.07 Å². The highest BCUT2D eigenvalue weighted by Crippen LogP contribution is 2.40. The Hall–Kier alpha value is -1.38. The maximum atomic E-state index is 10.7. The zero-order valence-electron chi connectivity index (χ0n) is 20.6. The second-order valence-electron chi connectivity index (χ2n) is 11.1. The Labute approximate surface area is 185 Å². The van der Waals surface area contributed by atoms with E-state index in [4.69, 9.17) is 0 Å². The quantitative estimate of drug-likeness (QED) is 0.161. The van der Waals surface area contributed by atoms with Crippen LogP contribution in [0.3, 0.4) is 0 Å². The molecule has 0 atom stereocenters. The Balaban J connectivity index is 2.47. The molecule has 0 saturated carbocycles. The van der Waals surface area contributed by atoms with Gasteiger partial charge in [0.1, 0.15) is 5.75 Å². The van der Waals surface area contributed by atoms with E-state index >= 15 is 0 Å². The molecule has 0 saturated heterocycles. The van der Waals surface area contributed by atoms with E-state index in [9.17, 15) is 15.3 Å². The van der Waals surface area contributed by atoms with E-state index in [-0.39, 0.29) is 17.2 Å². The maximum absolute atomic E-state index is 10.7. The zero-order chi connectivity index (χ0) is 22.8. The first-order valence-electron chi connectivity index (χ1n) is 12.2. The first kappa shape index (κ1) is 26.7. The van der Waals surface area contributed by atoms with Gasteiger partial charge in [-0.2, -0.15) is 0 Å². The fraction of sp³-hybridized carbons (Fsp3) is 0.778. The topological polar surface area (TPSA) is 60.7 Å². The number of hydrogen-bond donors (Lipinski definition) is 3. The first-order chi connectivity index (χ1) is 14.0. The Morgan fingerprint density at radius 3 is 1.77 bits per heavy atom. The van der Waals surface area contributed by atoms with E-state index in [0.29, 0.717) is 22.8 Å². The summed E-state index contributed by atoms with van der Waals surface area (Å²) in [6.45, 7) is 13.7. The molecule has 3 N–H and O–H groups in total. The van der Waals surface area contributed by atoms with Crippen molar-refractivity contribution in [1.29, 1.82) is 0 Å². The van der Waals surface area contributed by atoms with E-state index in [2.05, 4.69) is 41.5 Å². The fourth-order valence-electron chi connectivity index (χ4n) is 3.95. The summed E-state index contributed by atoms with van der Waals surface area (Å²) in [5.41, 5.74) is 2.10. The molecule has 0 aliphatic rings. The van der Waals surface area contributed by atoms with Crippen molar-refractivity contribution < 1.29 is 15.3 Å². The van der Waals surface area contributed by atoms with E-state index in [1.54, 1.807) is 0 Å². The number of phenolic OH excluding ortho intramolecular Hbond substituents is 3. The molecule has 0 amide bonds. The predicted octanol–water partition coefficient (Wildman–Crippen LogP) is 8.27. The van der Waals surface area contributed by atoms with Gasteiger partial charge in [0, 0.05) is 5.56 Å². The van der Waals surface area contributed by atoms with Gasteiger partial charge in [0.05, 0.1) is 0 Å². The lowest BCUT2D eigenvalue weighted by molar-refractivity contribution is 0.307. The van der Waals surface area contributed by atoms with Crippen LogP contribution in [-0.4, -0.2) is 15.3 Å². The lowest BCUT2D eigenvalue weighted by Crippen LogP contribution is -2.08. The van der Waals surface area contributed by atoms with Gasteiger partial charge in [0.2, 0.25) is 0 Å². The smallest absolute Gasteiger partial charge is 0.164 e. The van der Waals surface area contributed by atoms with Crippen molar-refractivity contribution in [1.82, 2.24) is 0 Å². The Morgan fingerprint density at radius 1 is 0.667 bits per heavy atom. The third-order valence-electron chi connectivity index (χ3n) is 6.54. The van der Waals surface area contributed by atoms with E-state index < -0.39 is 0 Å². The van der Waals surface area contributed by atoms with Crippen LogP contribution >= 0.6 is 0 Å². The molecule has 0 aliphatic heterocycles. The number of phenols is 3. The summed E-state index contributed by atoms with van der Waals surface area (Å²) in [5, 5.41) is 31.0. The molecule has 0 radical (unpaired) electrons.